The third kappa shape index (κ3) is 4.71. The van der Waals surface area contributed by atoms with E-state index in [1.807, 2.05) is 0 Å². The van der Waals surface area contributed by atoms with E-state index in [-0.39, 0.29) is 15.7 Å². The monoisotopic (exact) mass is 336 g/mol. The zero-order chi connectivity index (χ0) is 13.5. The van der Waals surface area contributed by atoms with Crippen LogP contribution in [0.5, 0.6) is 0 Å². The molecule has 0 spiro atoms. The van der Waals surface area contributed by atoms with Crippen LogP contribution in [-0.4, -0.2) is 35.9 Å². The molecule has 1 rings (SSSR count). The number of hydrogen-bond donors (Lipinski definition) is 1. The molecule has 1 heterocycles. The summed E-state index contributed by atoms with van der Waals surface area (Å²) in [5, 5.41) is 13.2. The lowest BCUT2D eigenvalue weighted by atomic mass is 10.3. The Hall–Kier alpha value is -0.990. The summed E-state index contributed by atoms with van der Waals surface area (Å²) in [5.74, 6) is -0.287. The van der Waals surface area contributed by atoms with Gasteiger partial charge in [-0.3, -0.25) is 14.9 Å². The van der Waals surface area contributed by atoms with Gasteiger partial charge in [-0.15, -0.1) is 0 Å². The number of ether oxygens (including phenoxy) is 1. The Labute approximate surface area is 117 Å². The quantitative estimate of drug-likeness (QED) is 0.470. The van der Waals surface area contributed by atoms with Crippen molar-refractivity contribution in [2.45, 2.75) is 11.2 Å². The molecule has 1 aromatic heterocycles. The summed E-state index contributed by atoms with van der Waals surface area (Å²) in [5.41, 5.74) is 0. The smallest absolute Gasteiger partial charge is 0.324 e. The minimum atomic E-state index is -0.505. The molecule has 0 aliphatic heterocycles. The highest BCUT2D eigenvalue weighted by Crippen LogP contribution is 2.23. The van der Waals surface area contributed by atoms with Crippen molar-refractivity contribution in [1.82, 2.24) is 5.32 Å². The average molecular weight is 337 g/mol. The molecule has 0 aliphatic carbocycles. The average Bonchev–Trinajstić information content (AvgIpc) is 2.78. The van der Waals surface area contributed by atoms with Crippen LogP contribution in [0.4, 0.5) is 5.00 Å². The van der Waals surface area contributed by atoms with E-state index in [0.29, 0.717) is 18.0 Å². The summed E-state index contributed by atoms with van der Waals surface area (Å²) in [6.07, 6.45) is 0.729. The minimum absolute atomic E-state index is 0.0297. The normalized spacial score (nSPS) is 12.1. The first kappa shape index (κ1) is 15.1. The number of rotatable bonds is 7. The Morgan fingerprint density at radius 1 is 1.67 bits per heavy atom. The van der Waals surface area contributed by atoms with Gasteiger partial charge in [0.05, 0.1) is 16.4 Å². The first-order valence-electron chi connectivity index (χ1n) is 5.20. The number of alkyl halides is 1. The summed E-state index contributed by atoms with van der Waals surface area (Å²) in [6.45, 7) is 1.06. The number of halogens is 1. The molecule has 0 aromatic carbocycles. The lowest BCUT2D eigenvalue weighted by Crippen LogP contribution is -2.26. The molecule has 0 saturated heterocycles. The molecule has 1 aromatic rings. The molecular weight excluding hydrogens is 324 g/mol. The van der Waals surface area contributed by atoms with Crippen LogP contribution in [-0.2, 0) is 4.74 Å². The van der Waals surface area contributed by atoms with Gasteiger partial charge in [0.25, 0.3) is 5.91 Å². The number of hydrogen-bond acceptors (Lipinski definition) is 5. The van der Waals surface area contributed by atoms with Crippen molar-refractivity contribution < 1.29 is 14.5 Å². The fraction of sp³-hybridized carbons (Fsp3) is 0.500. The highest BCUT2D eigenvalue weighted by molar-refractivity contribution is 9.09. The molecule has 100 valence electrons. The SMILES string of the molecule is COCC(Br)CCNC(=O)c1ccc([N+](=O)[O-])s1. The molecule has 1 N–H and O–H groups in total. The fourth-order valence-corrected chi connectivity index (χ4v) is 2.47. The van der Waals surface area contributed by atoms with E-state index >= 15 is 0 Å². The number of amides is 1. The second-order valence-electron chi connectivity index (χ2n) is 3.49. The van der Waals surface area contributed by atoms with Crippen molar-refractivity contribution in [2.24, 2.45) is 0 Å². The third-order valence-electron chi connectivity index (χ3n) is 2.09. The summed E-state index contributed by atoms with van der Waals surface area (Å²) >= 11 is 4.28. The standard InChI is InChI=1S/C10H13BrN2O4S/c1-17-6-7(11)4-5-12-10(14)8-2-3-9(18-8)13(15)16/h2-3,7H,4-6H2,1H3,(H,12,14). The molecule has 0 saturated carbocycles. The molecule has 1 amide bonds. The van der Waals surface area contributed by atoms with Crippen molar-refractivity contribution in [3.63, 3.8) is 0 Å². The van der Waals surface area contributed by atoms with Crippen LogP contribution in [0.15, 0.2) is 12.1 Å². The summed E-state index contributed by atoms with van der Waals surface area (Å²) in [6, 6.07) is 2.79. The van der Waals surface area contributed by atoms with E-state index in [9.17, 15) is 14.9 Å². The van der Waals surface area contributed by atoms with Crippen LogP contribution in [0, 0.1) is 10.1 Å². The number of carbonyl (C=O) groups excluding carboxylic acids is 1. The minimum Gasteiger partial charge on any atom is -0.384 e. The molecule has 18 heavy (non-hydrogen) atoms. The van der Waals surface area contributed by atoms with E-state index in [1.54, 1.807) is 7.11 Å². The van der Waals surface area contributed by atoms with Gasteiger partial charge in [0.15, 0.2) is 0 Å². The van der Waals surface area contributed by atoms with Crippen LogP contribution >= 0.6 is 27.3 Å². The fourth-order valence-electron chi connectivity index (χ4n) is 1.24. The first-order chi connectivity index (χ1) is 8.54. The Kier molecular flexibility index (Phi) is 6.23. The Bertz CT molecular complexity index is 424. The highest BCUT2D eigenvalue weighted by Gasteiger charge is 2.15. The van der Waals surface area contributed by atoms with Gasteiger partial charge in [0, 0.05) is 24.5 Å². The maximum Gasteiger partial charge on any atom is 0.324 e. The number of nitrogens with one attached hydrogen (secondary N) is 1. The number of carbonyl (C=O) groups is 1. The summed E-state index contributed by atoms with van der Waals surface area (Å²) in [7, 11) is 1.61. The van der Waals surface area contributed by atoms with Gasteiger partial charge in [-0.2, -0.15) is 0 Å². The molecular formula is C10H13BrN2O4S. The van der Waals surface area contributed by atoms with Gasteiger partial charge in [0.1, 0.15) is 0 Å². The second kappa shape index (κ2) is 7.45. The first-order valence-corrected chi connectivity index (χ1v) is 6.93. The van der Waals surface area contributed by atoms with Crippen LogP contribution in [0.1, 0.15) is 16.1 Å². The maximum absolute atomic E-state index is 11.7. The van der Waals surface area contributed by atoms with Gasteiger partial charge in [-0.1, -0.05) is 27.3 Å². The molecule has 0 radical (unpaired) electrons. The van der Waals surface area contributed by atoms with E-state index in [4.69, 9.17) is 4.74 Å². The van der Waals surface area contributed by atoms with Crippen LogP contribution < -0.4 is 5.32 Å². The molecule has 6 nitrogen and oxygen atoms in total. The van der Waals surface area contributed by atoms with Gasteiger partial charge >= 0.3 is 5.00 Å². The number of nitrogens with zero attached hydrogens (tertiary/aromatic N) is 1. The summed E-state index contributed by atoms with van der Waals surface area (Å²) < 4.78 is 4.94. The summed E-state index contributed by atoms with van der Waals surface area (Å²) in [4.78, 5) is 22.1. The molecule has 0 aliphatic rings. The van der Waals surface area contributed by atoms with E-state index in [1.165, 1.54) is 12.1 Å². The van der Waals surface area contributed by atoms with Crippen molar-refractivity contribution in [3.8, 4) is 0 Å². The van der Waals surface area contributed by atoms with E-state index < -0.39 is 4.92 Å². The van der Waals surface area contributed by atoms with Gasteiger partial charge in [-0.05, 0) is 12.5 Å². The van der Waals surface area contributed by atoms with E-state index in [2.05, 4.69) is 21.2 Å². The molecule has 0 bridgehead atoms. The molecule has 1 atom stereocenters. The van der Waals surface area contributed by atoms with Crippen molar-refractivity contribution in [3.05, 3.63) is 27.1 Å². The molecule has 1 unspecified atom stereocenters. The largest absolute Gasteiger partial charge is 0.384 e. The number of thiophene rings is 1. The van der Waals surface area contributed by atoms with Crippen LogP contribution in [0.25, 0.3) is 0 Å². The number of methoxy groups -OCH3 is 1. The molecule has 0 fully saturated rings. The van der Waals surface area contributed by atoms with Crippen molar-refractivity contribution >= 4 is 38.2 Å². The van der Waals surface area contributed by atoms with Crippen molar-refractivity contribution in [2.75, 3.05) is 20.3 Å². The molecule has 8 heteroatoms. The third-order valence-corrected chi connectivity index (χ3v) is 3.84. The van der Waals surface area contributed by atoms with Gasteiger partial charge in [0.2, 0.25) is 0 Å². The lowest BCUT2D eigenvalue weighted by molar-refractivity contribution is -0.380. The highest BCUT2D eigenvalue weighted by atomic mass is 79.9. The van der Waals surface area contributed by atoms with Crippen LogP contribution in [0.2, 0.25) is 0 Å². The van der Waals surface area contributed by atoms with Crippen LogP contribution in [0.3, 0.4) is 0 Å². The Morgan fingerprint density at radius 3 is 2.94 bits per heavy atom. The maximum atomic E-state index is 11.7. The van der Waals surface area contributed by atoms with E-state index in [0.717, 1.165) is 17.8 Å². The topological polar surface area (TPSA) is 81.5 Å². The zero-order valence-electron chi connectivity index (χ0n) is 9.72. The predicted molar refractivity (Wildman–Crippen MR) is 72.5 cm³/mol. The van der Waals surface area contributed by atoms with Crippen molar-refractivity contribution in [1.29, 1.82) is 0 Å². The van der Waals surface area contributed by atoms with Gasteiger partial charge < -0.3 is 10.1 Å². The Morgan fingerprint density at radius 2 is 2.39 bits per heavy atom. The lowest BCUT2D eigenvalue weighted by Gasteiger charge is -2.08. The Balaban J connectivity index is 2.38. The zero-order valence-corrected chi connectivity index (χ0v) is 12.1. The second-order valence-corrected chi connectivity index (χ2v) is 5.85. The number of nitro groups is 1. The predicted octanol–water partition coefficient (Wildman–Crippen LogP) is 2.19. The van der Waals surface area contributed by atoms with Gasteiger partial charge in [-0.25, -0.2) is 0 Å².